The van der Waals surface area contributed by atoms with E-state index in [0.717, 1.165) is 0 Å². The minimum atomic E-state index is -0.801. The highest BCUT2D eigenvalue weighted by molar-refractivity contribution is 6.56. The molecule has 1 aromatic rings. The largest absolute Gasteiger partial charge is 0.492 e. The van der Waals surface area contributed by atoms with E-state index >= 15 is 0 Å². The van der Waals surface area contributed by atoms with Gasteiger partial charge in [0.05, 0.1) is 11.2 Å². The summed E-state index contributed by atoms with van der Waals surface area (Å²) in [6, 6.07) is 4.14. The number of nitrogens with one attached hydrogen (secondary N) is 1. The second-order valence-corrected chi connectivity index (χ2v) is 9.46. The lowest BCUT2D eigenvalue weighted by atomic mass is 9.77. The van der Waals surface area contributed by atoms with Gasteiger partial charge in [0.25, 0.3) is 0 Å². The van der Waals surface area contributed by atoms with Gasteiger partial charge in [-0.1, -0.05) is 6.08 Å². The fourth-order valence-corrected chi connectivity index (χ4v) is 2.76. The number of alkyl carbamates (subject to hydrolysis) is 1. The molecule has 1 fully saturated rings. The second kappa shape index (κ2) is 8.51. The van der Waals surface area contributed by atoms with Crippen molar-refractivity contribution in [2.45, 2.75) is 72.2 Å². The summed E-state index contributed by atoms with van der Waals surface area (Å²) in [6.45, 7) is 14.4. The Bertz CT molecular complexity index is 842. The number of rotatable bonds is 5. The third kappa shape index (κ3) is 5.92. The summed E-state index contributed by atoms with van der Waals surface area (Å²) >= 11 is 0. The van der Waals surface area contributed by atoms with Gasteiger partial charge >= 0.3 is 13.2 Å². The molecule has 0 spiro atoms. The Balaban J connectivity index is 2.37. The molecule has 1 heterocycles. The number of amides is 1. The molecule has 1 aromatic carbocycles. The first-order chi connectivity index (χ1) is 13.6. The maximum Gasteiger partial charge on any atom is 0.492 e. The van der Waals surface area contributed by atoms with Crippen LogP contribution in [-0.4, -0.2) is 42.3 Å². The van der Waals surface area contributed by atoms with E-state index in [1.165, 1.54) is 25.1 Å². The summed E-state index contributed by atoms with van der Waals surface area (Å²) in [4.78, 5) is 23.8. The minimum Gasteiger partial charge on any atom is -0.444 e. The number of carbonyl (C=O) groups excluding carboxylic acids is 2. The number of ketones is 1. The van der Waals surface area contributed by atoms with E-state index in [9.17, 15) is 14.0 Å². The molecule has 1 amide bonds. The van der Waals surface area contributed by atoms with Crippen LogP contribution in [0.4, 0.5) is 9.18 Å². The fourth-order valence-electron chi connectivity index (χ4n) is 2.76. The Morgan fingerprint density at radius 2 is 1.73 bits per heavy atom. The summed E-state index contributed by atoms with van der Waals surface area (Å²) in [5.74, 6) is -0.667. The molecule has 0 aromatic heterocycles. The maximum absolute atomic E-state index is 14.5. The van der Waals surface area contributed by atoms with Crippen LogP contribution in [0.1, 0.15) is 71.3 Å². The molecule has 30 heavy (non-hydrogen) atoms. The van der Waals surface area contributed by atoms with Gasteiger partial charge in [-0.15, -0.1) is 0 Å². The molecule has 0 bridgehead atoms. The average Bonchev–Trinajstić information content (AvgIpc) is 2.78. The number of carbonyl (C=O) groups is 2. The lowest BCUT2D eigenvalue weighted by Crippen LogP contribution is -2.41. The first-order valence-corrected chi connectivity index (χ1v) is 9.95. The Morgan fingerprint density at radius 1 is 1.17 bits per heavy atom. The van der Waals surface area contributed by atoms with Crippen LogP contribution in [0.25, 0.3) is 6.08 Å². The monoisotopic (exact) mass is 419 g/mol. The van der Waals surface area contributed by atoms with Crippen LogP contribution >= 0.6 is 0 Å². The molecule has 0 atom stereocenters. The molecule has 164 valence electrons. The first-order valence-electron chi connectivity index (χ1n) is 9.95. The molecule has 1 aliphatic rings. The van der Waals surface area contributed by atoms with Crippen molar-refractivity contribution in [2.75, 3.05) is 6.54 Å². The summed E-state index contributed by atoms with van der Waals surface area (Å²) in [7, 11) is -0.801. The summed E-state index contributed by atoms with van der Waals surface area (Å²) in [6.07, 6.45) is 0.934. The van der Waals surface area contributed by atoms with E-state index in [1.54, 1.807) is 26.8 Å². The van der Waals surface area contributed by atoms with Crippen molar-refractivity contribution in [3.63, 3.8) is 0 Å². The SMILES string of the molecule is CC(=O)c1ccc(F)c(C=C(CNC(=O)OC(C)(C)C)B2OC(C)(C)C(C)(C)O2)c1. The molecule has 1 aliphatic heterocycles. The normalized spacial score (nSPS) is 18.3. The predicted molar refractivity (Wildman–Crippen MR) is 115 cm³/mol. The van der Waals surface area contributed by atoms with Crippen LogP contribution in [0.2, 0.25) is 0 Å². The second-order valence-electron chi connectivity index (χ2n) is 9.46. The third-order valence-electron chi connectivity index (χ3n) is 5.14. The number of ether oxygens (including phenoxy) is 1. The molecule has 0 aliphatic carbocycles. The van der Waals surface area contributed by atoms with Gasteiger partial charge in [0, 0.05) is 17.7 Å². The van der Waals surface area contributed by atoms with E-state index in [2.05, 4.69) is 5.32 Å². The molecular formula is C22H31BFNO5. The molecule has 8 heteroatoms. The standard InChI is InChI=1S/C22H31BFNO5/c1-14(26)15-9-10-18(24)16(11-15)12-17(13-25-19(27)28-20(2,3)4)23-29-21(5,6)22(7,8)30-23/h9-12H,13H2,1-8H3,(H,25,27). The van der Waals surface area contributed by atoms with Gasteiger partial charge in [0.15, 0.2) is 5.78 Å². The molecule has 1 saturated heterocycles. The highest BCUT2D eigenvalue weighted by Crippen LogP contribution is 2.38. The molecule has 0 radical (unpaired) electrons. The zero-order valence-electron chi connectivity index (χ0n) is 19.0. The van der Waals surface area contributed by atoms with Gasteiger partial charge in [0.2, 0.25) is 0 Å². The maximum atomic E-state index is 14.5. The number of Topliss-reactive ketones (excluding diaryl/α,β-unsaturated/α-hetero) is 1. The lowest BCUT2D eigenvalue weighted by molar-refractivity contribution is 0.00578. The van der Waals surface area contributed by atoms with Crippen molar-refractivity contribution in [3.8, 4) is 0 Å². The fraction of sp³-hybridized carbons (Fsp3) is 0.545. The number of hydrogen-bond donors (Lipinski definition) is 1. The summed E-state index contributed by atoms with van der Waals surface area (Å²) < 4.78 is 31.9. The Hall–Kier alpha value is -2.19. The van der Waals surface area contributed by atoms with Gasteiger partial charge in [-0.2, -0.15) is 0 Å². The van der Waals surface area contributed by atoms with Crippen LogP contribution in [0, 0.1) is 5.82 Å². The van der Waals surface area contributed by atoms with Gasteiger partial charge in [0.1, 0.15) is 11.4 Å². The quantitative estimate of drug-likeness (QED) is 0.559. The highest BCUT2D eigenvalue weighted by Gasteiger charge is 2.52. The molecule has 0 unspecified atom stereocenters. The van der Waals surface area contributed by atoms with Crippen LogP contribution < -0.4 is 5.32 Å². The smallest absolute Gasteiger partial charge is 0.444 e. The van der Waals surface area contributed by atoms with Crippen LogP contribution in [0.5, 0.6) is 0 Å². The van der Waals surface area contributed by atoms with E-state index in [1.807, 2.05) is 27.7 Å². The first kappa shape index (κ1) is 24.1. The zero-order valence-corrected chi connectivity index (χ0v) is 19.0. The van der Waals surface area contributed by atoms with Gasteiger partial charge in [-0.25, -0.2) is 9.18 Å². The van der Waals surface area contributed by atoms with Crippen molar-refractivity contribution < 1.29 is 28.0 Å². The Kier molecular flexibility index (Phi) is 6.84. The highest BCUT2D eigenvalue weighted by atomic mass is 19.1. The predicted octanol–water partition coefficient (Wildman–Crippen LogP) is 4.57. The van der Waals surface area contributed by atoms with Crippen molar-refractivity contribution in [3.05, 3.63) is 40.6 Å². The van der Waals surface area contributed by atoms with Crippen LogP contribution in [0.15, 0.2) is 23.7 Å². The van der Waals surface area contributed by atoms with Gasteiger partial charge in [-0.05, 0) is 79.1 Å². The number of halogens is 1. The minimum absolute atomic E-state index is 0.0233. The third-order valence-corrected chi connectivity index (χ3v) is 5.14. The van der Waals surface area contributed by atoms with Crippen molar-refractivity contribution in [1.82, 2.24) is 5.32 Å². The summed E-state index contributed by atoms with van der Waals surface area (Å²) in [5, 5.41) is 2.67. The molecular weight excluding hydrogens is 388 g/mol. The van der Waals surface area contributed by atoms with Crippen LogP contribution in [0.3, 0.4) is 0 Å². The van der Waals surface area contributed by atoms with Crippen molar-refractivity contribution in [2.24, 2.45) is 0 Å². The van der Waals surface area contributed by atoms with Gasteiger partial charge < -0.3 is 19.4 Å². The Labute approximate surface area is 178 Å². The number of benzene rings is 1. The Morgan fingerprint density at radius 3 is 2.23 bits per heavy atom. The molecule has 0 saturated carbocycles. The lowest BCUT2D eigenvalue weighted by Gasteiger charge is -2.32. The zero-order chi connectivity index (χ0) is 22.9. The number of hydrogen-bond acceptors (Lipinski definition) is 5. The topological polar surface area (TPSA) is 73.9 Å². The van der Waals surface area contributed by atoms with E-state index in [-0.39, 0.29) is 17.9 Å². The molecule has 6 nitrogen and oxygen atoms in total. The van der Waals surface area contributed by atoms with E-state index < -0.39 is 35.8 Å². The van der Waals surface area contributed by atoms with E-state index in [0.29, 0.717) is 11.0 Å². The van der Waals surface area contributed by atoms with Crippen LogP contribution in [-0.2, 0) is 14.0 Å². The van der Waals surface area contributed by atoms with Crippen molar-refractivity contribution >= 4 is 25.1 Å². The van der Waals surface area contributed by atoms with E-state index in [4.69, 9.17) is 14.0 Å². The van der Waals surface area contributed by atoms with Crippen molar-refractivity contribution in [1.29, 1.82) is 0 Å². The average molecular weight is 419 g/mol. The molecule has 2 rings (SSSR count). The molecule has 1 N–H and O–H groups in total. The summed E-state index contributed by atoms with van der Waals surface area (Å²) in [5.41, 5.74) is -0.779. The van der Waals surface area contributed by atoms with Gasteiger partial charge in [-0.3, -0.25) is 4.79 Å².